The van der Waals surface area contributed by atoms with Gasteiger partial charge in [-0.15, -0.1) is 0 Å². The number of phenols is 1. The molecule has 0 aliphatic heterocycles. The van der Waals surface area contributed by atoms with E-state index >= 15 is 0 Å². The molecule has 0 saturated heterocycles. The summed E-state index contributed by atoms with van der Waals surface area (Å²) in [5.74, 6) is 0.777. The Balaban J connectivity index is 1.82. The normalized spacial score (nSPS) is 23.4. The van der Waals surface area contributed by atoms with Crippen molar-refractivity contribution >= 4 is 5.91 Å². The largest absolute Gasteiger partial charge is 0.508 e. The lowest BCUT2D eigenvalue weighted by atomic mass is 10.1. The van der Waals surface area contributed by atoms with Crippen LogP contribution >= 0.6 is 0 Å². The Morgan fingerprint density at radius 3 is 2.72 bits per heavy atom. The van der Waals surface area contributed by atoms with E-state index in [1.807, 2.05) is 0 Å². The Kier molecular flexibility index (Phi) is 3.87. The molecule has 1 aliphatic rings. The van der Waals surface area contributed by atoms with E-state index in [0.717, 1.165) is 18.4 Å². The molecule has 1 saturated carbocycles. The highest BCUT2D eigenvalue weighted by molar-refractivity contribution is 5.82. The lowest BCUT2D eigenvalue weighted by Crippen LogP contribution is -2.43. The van der Waals surface area contributed by atoms with Gasteiger partial charge in [0.2, 0.25) is 5.91 Å². The van der Waals surface area contributed by atoms with Gasteiger partial charge < -0.3 is 16.2 Å². The number of amides is 1. The molecule has 4 N–H and O–H groups in total. The van der Waals surface area contributed by atoms with Crippen LogP contribution in [0.3, 0.4) is 0 Å². The van der Waals surface area contributed by atoms with Gasteiger partial charge in [-0.1, -0.05) is 25.5 Å². The molecule has 4 nitrogen and oxygen atoms in total. The van der Waals surface area contributed by atoms with Crippen LogP contribution in [0.4, 0.5) is 0 Å². The number of benzene rings is 1. The predicted molar refractivity (Wildman–Crippen MR) is 70.1 cm³/mol. The lowest BCUT2D eigenvalue weighted by Gasteiger charge is -2.12. The minimum absolute atomic E-state index is 0.0796. The zero-order valence-electron chi connectivity index (χ0n) is 10.6. The van der Waals surface area contributed by atoms with Crippen LogP contribution in [0.2, 0.25) is 0 Å². The van der Waals surface area contributed by atoms with Gasteiger partial charge in [0.25, 0.3) is 0 Å². The van der Waals surface area contributed by atoms with Crippen LogP contribution in [0, 0.1) is 5.92 Å². The maximum absolute atomic E-state index is 11.8. The molecule has 1 amide bonds. The fourth-order valence-electron chi connectivity index (χ4n) is 2.14. The first-order chi connectivity index (χ1) is 8.60. The summed E-state index contributed by atoms with van der Waals surface area (Å²) in [6.45, 7) is 2.13. The number of hydrogen-bond acceptors (Lipinski definition) is 3. The van der Waals surface area contributed by atoms with Crippen LogP contribution in [0.25, 0.3) is 0 Å². The van der Waals surface area contributed by atoms with Crippen molar-refractivity contribution in [2.45, 2.75) is 38.3 Å². The number of carbonyl (C=O) groups excluding carboxylic acids is 1. The molecule has 4 heteroatoms. The molecule has 1 fully saturated rings. The first-order valence-corrected chi connectivity index (χ1v) is 6.44. The van der Waals surface area contributed by atoms with Crippen LogP contribution in [-0.2, 0) is 11.2 Å². The Labute approximate surface area is 107 Å². The summed E-state index contributed by atoms with van der Waals surface area (Å²) >= 11 is 0. The average molecular weight is 248 g/mol. The highest BCUT2D eigenvalue weighted by atomic mass is 16.3. The van der Waals surface area contributed by atoms with Crippen LogP contribution in [0.15, 0.2) is 24.3 Å². The second-order valence-electron chi connectivity index (χ2n) is 5.00. The minimum atomic E-state index is -0.521. The summed E-state index contributed by atoms with van der Waals surface area (Å²) in [5, 5.41) is 12.1. The number of phenolic OH excluding ortho intramolecular Hbond substituents is 1. The molecule has 1 aromatic carbocycles. The smallest absolute Gasteiger partial charge is 0.237 e. The molecule has 1 aliphatic carbocycles. The van der Waals surface area contributed by atoms with Gasteiger partial charge in [0.05, 0.1) is 6.04 Å². The minimum Gasteiger partial charge on any atom is -0.508 e. The number of nitrogens with two attached hydrogens (primary N) is 1. The Hall–Kier alpha value is -1.55. The second kappa shape index (κ2) is 5.40. The van der Waals surface area contributed by atoms with Crippen LogP contribution in [0.5, 0.6) is 5.75 Å². The third-order valence-corrected chi connectivity index (χ3v) is 3.50. The van der Waals surface area contributed by atoms with Gasteiger partial charge in [0.15, 0.2) is 0 Å². The van der Waals surface area contributed by atoms with E-state index in [1.54, 1.807) is 24.3 Å². The van der Waals surface area contributed by atoms with E-state index in [-0.39, 0.29) is 11.7 Å². The van der Waals surface area contributed by atoms with Crippen molar-refractivity contribution in [1.82, 2.24) is 5.32 Å². The molecule has 98 valence electrons. The summed E-state index contributed by atoms with van der Waals surface area (Å²) in [4.78, 5) is 11.8. The van der Waals surface area contributed by atoms with Gasteiger partial charge in [-0.3, -0.25) is 4.79 Å². The van der Waals surface area contributed by atoms with E-state index in [2.05, 4.69) is 12.2 Å². The number of aromatic hydroxyl groups is 1. The topological polar surface area (TPSA) is 75.4 Å². The van der Waals surface area contributed by atoms with Gasteiger partial charge >= 0.3 is 0 Å². The van der Waals surface area contributed by atoms with Crippen molar-refractivity contribution in [2.24, 2.45) is 11.7 Å². The van der Waals surface area contributed by atoms with Crippen molar-refractivity contribution in [2.75, 3.05) is 0 Å². The zero-order valence-corrected chi connectivity index (χ0v) is 10.6. The van der Waals surface area contributed by atoms with Gasteiger partial charge in [-0.2, -0.15) is 0 Å². The quantitative estimate of drug-likeness (QED) is 0.732. The van der Waals surface area contributed by atoms with Crippen molar-refractivity contribution in [3.05, 3.63) is 29.8 Å². The van der Waals surface area contributed by atoms with E-state index in [0.29, 0.717) is 18.4 Å². The first-order valence-electron chi connectivity index (χ1n) is 6.44. The third kappa shape index (κ3) is 3.23. The summed E-state index contributed by atoms with van der Waals surface area (Å²) in [5.41, 5.74) is 6.83. The highest BCUT2D eigenvalue weighted by Gasteiger charge is 2.37. The Bertz CT molecular complexity index is 416. The standard InChI is InChI=1S/C14H20N2O2/c1-2-10-8-13(10)16-14(18)12(15)7-9-3-5-11(17)6-4-9/h3-6,10,12-13,17H,2,7-8,15H2,1H3,(H,16,18)/t10?,12-,13?/m0/s1. The number of rotatable bonds is 5. The molecule has 0 spiro atoms. The highest BCUT2D eigenvalue weighted by Crippen LogP contribution is 2.33. The Morgan fingerprint density at radius 2 is 2.17 bits per heavy atom. The van der Waals surface area contributed by atoms with Crippen LogP contribution in [0.1, 0.15) is 25.3 Å². The molecular weight excluding hydrogens is 228 g/mol. The van der Waals surface area contributed by atoms with Crippen LogP contribution in [-0.4, -0.2) is 23.1 Å². The molecule has 1 aromatic rings. The second-order valence-corrected chi connectivity index (χ2v) is 5.00. The van der Waals surface area contributed by atoms with E-state index in [9.17, 15) is 9.90 Å². The molecule has 18 heavy (non-hydrogen) atoms. The van der Waals surface area contributed by atoms with E-state index < -0.39 is 6.04 Å². The first kappa shape index (κ1) is 12.9. The van der Waals surface area contributed by atoms with E-state index in [4.69, 9.17) is 5.73 Å². The monoisotopic (exact) mass is 248 g/mol. The molecule has 2 rings (SSSR count). The van der Waals surface area contributed by atoms with E-state index in [1.165, 1.54) is 0 Å². The fourth-order valence-corrected chi connectivity index (χ4v) is 2.14. The van der Waals surface area contributed by atoms with Crippen molar-refractivity contribution in [1.29, 1.82) is 0 Å². The van der Waals surface area contributed by atoms with Gasteiger partial charge in [-0.05, 0) is 36.5 Å². The summed E-state index contributed by atoms with van der Waals surface area (Å²) in [7, 11) is 0. The SMILES string of the molecule is CCC1CC1NC(=O)[C@@H](N)Cc1ccc(O)cc1. The number of nitrogens with one attached hydrogen (secondary N) is 1. The zero-order chi connectivity index (χ0) is 13.1. The lowest BCUT2D eigenvalue weighted by molar-refractivity contribution is -0.122. The number of carbonyl (C=O) groups is 1. The molecule has 0 aromatic heterocycles. The van der Waals surface area contributed by atoms with Crippen molar-refractivity contribution < 1.29 is 9.90 Å². The molecular formula is C14H20N2O2. The molecule has 2 unspecified atom stereocenters. The molecule has 3 atom stereocenters. The van der Waals surface area contributed by atoms with Crippen LogP contribution < -0.4 is 11.1 Å². The molecule has 0 heterocycles. The van der Waals surface area contributed by atoms with Gasteiger partial charge in [-0.25, -0.2) is 0 Å². The molecule has 0 radical (unpaired) electrons. The van der Waals surface area contributed by atoms with Crippen molar-refractivity contribution in [3.8, 4) is 5.75 Å². The number of hydrogen-bond donors (Lipinski definition) is 3. The molecule has 0 bridgehead atoms. The Morgan fingerprint density at radius 1 is 1.50 bits per heavy atom. The van der Waals surface area contributed by atoms with Crippen molar-refractivity contribution in [3.63, 3.8) is 0 Å². The fraction of sp³-hybridized carbons (Fsp3) is 0.500. The summed E-state index contributed by atoms with van der Waals surface area (Å²) in [6.07, 6.45) is 2.68. The van der Waals surface area contributed by atoms with Gasteiger partial charge in [0, 0.05) is 6.04 Å². The maximum atomic E-state index is 11.8. The maximum Gasteiger partial charge on any atom is 0.237 e. The summed E-state index contributed by atoms with van der Waals surface area (Å²) in [6, 6.07) is 6.59. The van der Waals surface area contributed by atoms with Gasteiger partial charge in [0.1, 0.15) is 5.75 Å². The predicted octanol–water partition coefficient (Wildman–Crippen LogP) is 1.18. The average Bonchev–Trinajstić information content (AvgIpc) is 3.10. The third-order valence-electron chi connectivity index (χ3n) is 3.50. The summed E-state index contributed by atoms with van der Waals surface area (Å²) < 4.78 is 0.